The van der Waals surface area contributed by atoms with Crippen molar-refractivity contribution in [2.75, 3.05) is 18.5 Å². The molecule has 1 aromatic heterocycles. The number of amides is 2. The van der Waals surface area contributed by atoms with Crippen molar-refractivity contribution in [2.45, 2.75) is 47.0 Å². The van der Waals surface area contributed by atoms with Crippen molar-refractivity contribution >= 4 is 28.2 Å². The van der Waals surface area contributed by atoms with Gasteiger partial charge in [0.05, 0.1) is 12.2 Å². The molecular weight excluding hydrogens is 384 g/mol. The second kappa shape index (κ2) is 8.67. The predicted molar refractivity (Wildman–Crippen MR) is 118 cm³/mol. The fraction of sp³-hybridized carbons (Fsp3) is 0.478. The molecule has 2 amide bonds. The lowest BCUT2D eigenvalue weighted by molar-refractivity contribution is 0.0944. The number of nitrogens with one attached hydrogen (secondary N) is 2. The van der Waals surface area contributed by atoms with E-state index in [-0.39, 0.29) is 30.4 Å². The Morgan fingerprint density at radius 3 is 2.48 bits per heavy atom. The van der Waals surface area contributed by atoms with Crippen molar-refractivity contribution in [3.63, 3.8) is 0 Å². The number of fused-ring (bicyclic) bond motifs is 1. The molecule has 3 rings (SSSR count). The molecule has 29 heavy (non-hydrogen) atoms. The molecule has 1 aliphatic rings. The molecule has 0 aliphatic heterocycles. The van der Waals surface area contributed by atoms with Gasteiger partial charge in [-0.25, -0.2) is 0 Å². The average molecular weight is 415 g/mol. The number of thiophene rings is 1. The second-order valence-electron chi connectivity index (χ2n) is 8.81. The molecule has 0 spiro atoms. The van der Waals surface area contributed by atoms with Gasteiger partial charge in [0.15, 0.2) is 0 Å². The van der Waals surface area contributed by atoms with E-state index in [2.05, 4.69) is 31.4 Å². The molecule has 0 saturated heterocycles. The molecule has 0 fully saturated rings. The van der Waals surface area contributed by atoms with Crippen LogP contribution in [-0.2, 0) is 12.8 Å². The van der Waals surface area contributed by atoms with E-state index in [4.69, 9.17) is 5.11 Å². The highest BCUT2D eigenvalue weighted by molar-refractivity contribution is 7.17. The number of carbonyl (C=O) groups is 2. The SMILES string of the molecule is Cc1ccc(C(=O)Nc2sc3c(c2C(=O)NCCO)CC[C@H](C(C)(C)C)C3)cc1. The van der Waals surface area contributed by atoms with E-state index in [0.29, 0.717) is 22.0 Å². The Bertz CT molecular complexity index is 894. The highest BCUT2D eigenvalue weighted by Gasteiger charge is 2.34. The monoisotopic (exact) mass is 414 g/mol. The number of aryl methyl sites for hydroxylation is 1. The Morgan fingerprint density at radius 1 is 1.17 bits per heavy atom. The van der Waals surface area contributed by atoms with Gasteiger partial charge in [-0.2, -0.15) is 0 Å². The highest BCUT2D eigenvalue weighted by Crippen LogP contribution is 2.44. The summed E-state index contributed by atoms with van der Waals surface area (Å²) >= 11 is 1.51. The molecule has 5 nitrogen and oxygen atoms in total. The van der Waals surface area contributed by atoms with Crippen LogP contribution in [0.1, 0.15) is 63.9 Å². The minimum atomic E-state index is -0.232. The molecule has 156 valence electrons. The fourth-order valence-electron chi connectivity index (χ4n) is 3.79. The number of rotatable bonds is 5. The molecule has 0 saturated carbocycles. The zero-order valence-corrected chi connectivity index (χ0v) is 18.4. The number of hydrogen-bond donors (Lipinski definition) is 3. The van der Waals surface area contributed by atoms with Crippen LogP contribution in [0.15, 0.2) is 24.3 Å². The number of aliphatic hydroxyl groups excluding tert-OH is 1. The minimum absolute atomic E-state index is 0.116. The lowest BCUT2D eigenvalue weighted by Crippen LogP contribution is -2.30. The van der Waals surface area contributed by atoms with Crippen LogP contribution in [0.5, 0.6) is 0 Å². The molecule has 0 unspecified atom stereocenters. The lowest BCUT2D eigenvalue weighted by atomic mass is 9.72. The molecule has 1 atom stereocenters. The average Bonchev–Trinajstić information content (AvgIpc) is 3.02. The number of benzene rings is 1. The maximum atomic E-state index is 12.8. The van der Waals surface area contributed by atoms with Gasteiger partial charge in [0.2, 0.25) is 0 Å². The third-order valence-corrected chi connectivity index (χ3v) is 6.83. The highest BCUT2D eigenvalue weighted by atomic mass is 32.1. The van der Waals surface area contributed by atoms with E-state index in [1.165, 1.54) is 16.2 Å². The number of carbonyl (C=O) groups excluding carboxylic acids is 2. The summed E-state index contributed by atoms with van der Waals surface area (Å²) < 4.78 is 0. The van der Waals surface area contributed by atoms with Crippen LogP contribution >= 0.6 is 11.3 Å². The van der Waals surface area contributed by atoms with E-state index < -0.39 is 0 Å². The number of hydrogen-bond acceptors (Lipinski definition) is 4. The molecule has 0 bridgehead atoms. The Labute approximate surface area is 176 Å². The normalized spacial score (nSPS) is 16.2. The fourth-order valence-corrected chi connectivity index (χ4v) is 5.11. The largest absolute Gasteiger partial charge is 0.395 e. The summed E-state index contributed by atoms with van der Waals surface area (Å²) in [4.78, 5) is 26.8. The Morgan fingerprint density at radius 2 is 1.86 bits per heavy atom. The van der Waals surface area contributed by atoms with Gasteiger partial charge in [-0.3, -0.25) is 9.59 Å². The molecule has 3 N–H and O–H groups in total. The maximum Gasteiger partial charge on any atom is 0.256 e. The van der Waals surface area contributed by atoms with Gasteiger partial charge in [-0.1, -0.05) is 38.5 Å². The zero-order valence-electron chi connectivity index (χ0n) is 17.6. The summed E-state index contributed by atoms with van der Waals surface area (Å²) in [6.45, 7) is 8.82. The third-order valence-electron chi connectivity index (χ3n) is 5.66. The Hall–Kier alpha value is -2.18. The van der Waals surface area contributed by atoms with Crippen molar-refractivity contribution in [1.29, 1.82) is 0 Å². The number of anilines is 1. The minimum Gasteiger partial charge on any atom is -0.395 e. The van der Waals surface area contributed by atoms with Gasteiger partial charge in [-0.05, 0) is 55.2 Å². The van der Waals surface area contributed by atoms with Crippen LogP contribution < -0.4 is 10.6 Å². The summed E-state index contributed by atoms with van der Waals surface area (Å²) in [7, 11) is 0. The van der Waals surface area contributed by atoms with E-state index in [1.54, 1.807) is 12.1 Å². The molecule has 1 aliphatic carbocycles. The van der Waals surface area contributed by atoms with Crippen molar-refractivity contribution in [1.82, 2.24) is 5.32 Å². The summed E-state index contributed by atoms with van der Waals surface area (Å²) in [6.07, 6.45) is 2.78. The van der Waals surface area contributed by atoms with Gasteiger partial charge in [-0.15, -0.1) is 11.3 Å². The van der Waals surface area contributed by atoms with Crippen LogP contribution in [0, 0.1) is 18.3 Å². The first-order chi connectivity index (χ1) is 13.7. The first kappa shape index (κ1) is 21.5. The predicted octanol–water partition coefficient (Wildman–Crippen LogP) is 4.18. The van der Waals surface area contributed by atoms with Crippen molar-refractivity contribution in [3.05, 3.63) is 51.4 Å². The lowest BCUT2D eigenvalue weighted by Gasteiger charge is -2.33. The maximum absolute atomic E-state index is 12.8. The summed E-state index contributed by atoms with van der Waals surface area (Å²) in [6, 6.07) is 7.38. The topological polar surface area (TPSA) is 78.4 Å². The van der Waals surface area contributed by atoms with E-state index in [0.717, 1.165) is 30.4 Å². The van der Waals surface area contributed by atoms with E-state index >= 15 is 0 Å². The summed E-state index contributed by atoms with van der Waals surface area (Å²) in [5.41, 5.74) is 3.46. The van der Waals surface area contributed by atoms with E-state index in [9.17, 15) is 9.59 Å². The van der Waals surface area contributed by atoms with Crippen LogP contribution in [-0.4, -0.2) is 30.1 Å². The summed E-state index contributed by atoms with van der Waals surface area (Å²) in [5, 5.41) is 15.4. The smallest absolute Gasteiger partial charge is 0.256 e. The first-order valence-corrected chi connectivity index (χ1v) is 10.9. The molecule has 2 aromatic rings. The quantitative estimate of drug-likeness (QED) is 0.687. The van der Waals surface area contributed by atoms with Gasteiger partial charge in [0.1, 0.15) is 5.00 Å². The first-order valence-electron chi connectivity index (χ1n) is 10.1. The molecular formula is C23H30N2O3S. The standard InChI is InChI=1S/C23H30N2O3S/c1-14-5-7-15(8-6-14)20(27)25-22-19(21(28)24-11-12-26)17-10-9-16(23(2,3)4)13-18(17)29-22/h5-8,16,26H,9-13H2,1-4H3,(H,24,28)(H,25,27)/t16-/m0/s1. The van der Waals surface area contributed by atoms with Gasteiger partial charge >= 0.3 is 0 Å². The third kappa shape index (κ3) is 4.87. The molecule has 1 heterocycles. The molecule has 6 heteroatoms. The number of aliphatic hydroxyl groups is 1. The van der Waals surface area contributed by atoms with Gasteiger partial charge < -0.3 is 15.7 Å². The van der Waals surface area contributed by atoms with E-state index in [1.807, 2.05) is 19.1 Å². The molecule has 0 radical (unpaired) electrons. The molecule has 1 aromatic carbocycles. The van der Waals surface area contributed by atoms with Crippen molar-refractivity contribution < 1.29 is 14.7 Å². The van der Waals surface area contributed by atoms with Crippen molar-refractivity contribution in [2.24, 2.45) is 11.3 Å². The van der Waals surface area contributed by atoms with Crippen molar-refractivity contribution in [3.8, 4) is 0 Å². The van der Waals surface area contributed by atoms with Gasteiger partial charge in [0, 0.05) is 17.0 Å². The van der Waals surface area contributed by atoms with Crippen LogP contribution in [0.2, 0.25) is 0 Å². The zero-order chi connectivity index (χ0) is 21.2. The Balaban J connectivity index is 1.92. The van der Waals surface area contributed by atoms with Gasteiger partial charge in [0.25, 0.3) is 11.8 Å². The van der Waals surface area contributed by atoms with Crippen LogP contribution in [0.3, 0.4) is 0 Å². The second-order valence-corrected chi connectivity index (χ2v) is 9.92. The Kier molecular flexibility index (Phi) is 6.44. The van der Waals surface area contributed by atoms with Crippen LogP contribution in [0.4, 0.5) is 5.00 Å². The van der Waals surface area contributed by atoms with Crippen LogP contribution in [0.25, 0.3) is 0 Å². The summed E-state index contributed by atoms with van der Waals surface area (Å²) in [5.74, 6) is 0.0970.